The molecule has 0 atom stereocenters. The van der Waals surface area contributed by atoms with Gasteiger partial charge in [0.05, 0.1) is 12.6 Å². The second-order valence-electron chi connectivity index (χ2n) is 6.03. The van der Waals surface area contributed by atoms with Crippen LogP contribution in [0.15, 0.2) is 29.2 Å². The Kier molecular flexibility index (Phi) is 5.63. The van der Waals surface area contributed by atoms with Crippen LogP contribution in [0.5, 0.6) is 0 Å². The molecule has 0 unspecified atom stereocenters. The Morgan fingerprint density at radius 1 is 1.12 bits per heavy atom. The van der Waals surface area contributed by atoms with Crippen LogP contribution in [0.3, 0.4) is 0 Å². The first-order chi connectivity index (χ1) is 11.7. The van der Waals surface area contributed by atoms with Gasteiger partial charge in [0.1, 0.15) is 0 Å². The zero-order chi connectivity index (χ0) is 16.8. The van der Waals surface area contributed by atoms with E-state index >= 15 is 0 Å². The van der Waals surface area contributed by atoms with E-state index in [2.05, 4.69) is 10.2 Å². The molecule has 0 spiro atoms. The van der Waals surface area contributed by atoms with Crippen LogP contribution < -0.4 is 0 Å². The molecule has 0 radical (unpaired) electrons. The van der Waals surface area contributed by atoms with E-state index in [1.807, 2.05) is 32.8 Å². The molecule has 0 bridgehead atoms. The van der Waals surface area contributed by atoms with Gasteiger partial charge in [0.25, 0.3) is 0 Å². The van der Waals surface area contributed by atoms with Gasteiger partial charge in [-0.3, -0.25) is 14.7 Å². The number of hydrogen-bond acceptors (Lipinski definition) is 4. The zero-order valence-electron chi connectivity index (χ0n) is 13.6. The van der Waals surface area contributed by atoms with E-state index in [0.717, 1.165) is 30.6 Å². The first-order valence-corrected chi connectivity index (χ1v) is 9.21. The van der Waals surface area contributed by atoms with Crippen LogP contribution in [0.25, 0.3) is 0 Å². The van der Waals surface area contributed by atoms with E-state index in [0.29, 0.717) is 32.4 Å². The highest BCUT2D eigenvalue weighted by Crippen LogP contribution is 2.11. The molecule has 128 valence electrons. The Labute approximate surface area is 145 Å². The molecule has 7 heteroatoms. The molecular formula is C17H22N4O2S. The van der Waals surface area contributed by atoms with Crippen molar-refractivity contribution in [2.24, 2.45) is 0 Å². The molecule has 24 heavy (non-hydrogen) atoms. The van der Waals surface area contributed by atoms with Gasteiger partial charge < -0.3 is 9.80 Å². The van der Waals surface area contributed by atoms with Crippen molar-refractivity contribution in [1.82, 2.24) is 20.0 Å². The summed E-state index contributed by atoms with van der Waals surface area (Å²) >= 11 is 1.61. The number of aromatic nitrogens is 2. The van der Waals surface area contributed by atoms with Crippen molar-refractivity contribution in [3.8, 4) is 0 Å². The Bertz CT molecular complexity index is 654. The van der Waals surface area contributed by atoms with E-state index in [1.54, 1.807) is 17.5 Å². The molecule has 6 nitrogen and oxygen atoms in total. The van der Waals surface area contributed by atoms with E-state index in [9.17, 15) is 9.59 Å². The minimum atomic E-state index is 0.154. The highest BCUT2D eigenvalue weighted by molar-refractivity contribution is 7.08. The first kappa shape index (κ1) is 16.7. The zero-order valence-corrected chi connectivity index (χ0v) is 14.4. The molecule has 3 heterocycles. The molecule has 2 aromatic rings. The molecular weight excluding hydrogens is 324 g/mol. The number of carbonyl (C=O) groups is 2. The summed E-state index contributed by atoms with van der Waals surface area (Å²) in [6, 6.07) is 1.99. The van der Waals surface area contributed by atoms with Gasteiger partial charge in [-0.15, -0.1) is 0 Å². The molecule has 1 N–H and O–H groups in total. The number of nitrogens with one attached hydrogen (secondary N) is 1. The van der Waals surface area contributed by atoms with Gasteiger partial charge in [-0.1, -0.05) is 0 Å². The molecule has 2 aromatic heterocycles. The van der Waals surface area contributed by atoms with E-state index in [-0.39, 0.29) is 11.8 Å². The quantitative estimate of drug-likeness (QED) is 0.896. The molecule has 0 aliphatic carbocycles. The first-order valence-electron chi connectivity index (χ1n) is 8.26. The number of H-pyrrole nitrogens is 1. The highest BCUT2D eigenvalue weighted by atomic mass is 32.1. The third-order valence-corrected chi connectivity index (χ3v) is 5.05. The van der Waals surface area contributed by atoms with Crippen molar-refractivity contribution in [3.63, 3.8) is 0 Å². The largest absolute Gasteiger partial charge is 0.341 e. The molecule has 2 amide bonds. The van der Waals surface area contributed by atoms with E-state index in [4.69, 9.17) is 0 Å². The minimum Gasteiger partial charge on any atom is -0.341 e. The van der Waals surface area contributed by atoms with Crippen molar-refractivity contribution in [2.75, 3.05) is 26.2 Å². The summed E-state index contributed by atoms with van der Waals surface area (Å²) in [5.74, 6) is 0.310. The molecule has 0 aromatic carbocycles. The fourth-order valence-corrected chi connectivity index (χ4v) is 3.59. The average Bonchev–Trinajstić information content (AvgIpc) is 3.22. The summed E-state index contributed by atoms with van der Waals surface area (Å²) in [6.07, 6.45) is 6.06. The summed E-state index contributed by atoms with van der Waals surface area (Å²) < 4.78 is 0. The van der Waals surface area contributed by atoms with Crippen LogP contribution in [-0.4, -0.2) is 58.0 Å². The third-order valence-electron chi connectivity index (χ3n) is 4.32. The van der Waals surface area contributed by atoms with Gasteiger partial charge in [0, 0.05) is 38.8 Å². The van der Waals surface area contributed by atoms with Gasteiger partial charge in [0.15, 0.2) is 0 Å². The highest BCUT2D eigenvalue weighted by Gasteiger charge is 2.22. The predicted octanol–water partition coefficient (Wildman–Crippen LogP) is 1.71. The second-order valence-corrected chi connectivity index (χ2v) is 6.81. The van der Waals surface area contributed by atoms with Crippen molar-refractivity contribution in [2.45, 2.75) is 25.7 Å². The third kappa shape index (κ3) is 4.44. The van der Waals surface area contributed by atoms with Crippen LogP contribution in [0.1, 0.15) is 24.0 Å². The lowest BCUT2D eigenvalue weighted by Crippen LogP contribution is -2.38. The lowest BCUT2D eigenvalue weighted by molar-refractivity contribution is -0.133. The summed E-state index contributed by atoms with van der Waals surface area (Å²) in [4.78, 5) is 28.5. The summed E-state index contributed by atoms with van der Waals surface area (Å²) in [5, 5.41) is 10.7. The standard InChI is InChI=1S/C17H22N4O2S/c22-16(3-2-15-11-18-19-12-15)20-5-1-6-21(8-7-20)17(23)10-14-4-9-24-13-14/h4,9,11-13H,1-3,5-8,10H2,(H,18,19). The summed E-state index contributed by atoms with van der Waals surface area (Å²) in [7, 11) is 0. The SMILES string of the molecule is O=C(CCc1cn[nH]c1)N1CCCN(C(=O)Cc2ccsc2)CC1. The monoisotopic (exact) mass is 346 g/mol. The van der Waals surface area contributed by atoms with Gasteiger partial charge in [-0.2, -0.15) is 16.4 Å². The van der Waals surface area contributed by atoms with Crippen LogP contribution in [-0.2, 0) is 22.4 Å². The predicted molar refractivity (Wildman–Crippen MR) is 92.7 cm³/mol. The minimum absolute atomic E-state index is 0.154. The molecule has 1 aliphatic rings. The van der Waals surface area contributed by atoms with Crippen LogP contribution >= 0.6 is 11.3 Å². The Hall–Kier alpha value is -2.15. The van der Waals surface area contributed by atoms with Crippen LogP contribution in [0.4, 0.5) is 0 Å². The maximum Gasteiger partial charge on any atom is 0.227 e. The number of amides is 2. The number of aromatic amines is 1. The maximum absolute atomic E-state index is 12.4. The van der Waals surface area contributed by atoms with E-state index in [1.165, 1.54) is 0 Å². The van der Waals surface area contributed by atoms with E-state index < -0.39 is 0 Å². The number of nitrogens with zero attached hydrogens (tertiary/aromatic N) is 3. The molecule has 1 saturated heterocycles. The Balaban J connectivity index is 1.47. The molecule has 3 rings (SSSR count). The number of rotatable bonds is 5. The van der Waals surface area contributed by atoms with Gasteiger partial charge in [0.2, 0.25) is 11.8 Å². The van der Waals surface area contributed by atoms with Gasteiger partial charge in [-0.05, 0) is 40.8 Å². The molecule has 1 fully saturated rings. The van der Waals surface area contributed by atoms with Crippen molar-refractivity contribution >= 4 is 23.2 Å². The number of aryl methyl sites for hydroxylation is 1. The topological polar surface area (TPSA) is 69.3 Å². The fourth-order valence-electron chi connectivity index (χ4n) is 2.92. The molecule has 0 saturated carbocycles. The van der Waals surface area contributed by atoms with Crippen molar-refractivity contribution in [3.05, 3.63) is 40.3 Å². The number of thiophene rings is 1. The van der Waals surface area contributed by atoms with Gasteiger partial charge >= 0.3 is 0 Å². The number of carbonyl (C=O) groups excluding carboxylic acids is 2. The Morgan fingerprint density at radius 2 is 1.92 bits per heavy atom. The lowest BCUT2D eigenvalue weighted by atomic mass is 10.2. The number of hydrogen-bond donors (Lipinski definition) is 1. The average molecular weight is 346 g/mol. The molecule has 1 aliphatic heterocycles. The lowest BCUT2D eigenvalue weighted by Gasteiger charge is -2.22. The van der Waals surface area contributed by atoms with Gasteiger partial charge in [-0.25, -0.2) is 0 Å². The van der Waals surface area contributed by atoms with Crippen molar-refractivity contribution < 1.29 is 9.59 Å². The summed E-state index contributed by atoms with van der Waals surface area (Å²) in [5.41, 5.74) is 2.12. The smallest absolute Gasteiger partial charge is 0.227 e. The maximum atomic E-state index is 12.4. The normalized spacial score (nSPS) is 15.3. The van der Waals surface area contributed by atoms with Crippen molar-refractivity contribution in [1.29, 1.82) is 0 Å². The second kappa shape index (κ2) is 8.10. The van der Waals surface area contributed by atoms with Crippen LogP contribution in [0, 0.1) is 0 Å². The summed E-state index contributed by atoms with van der Waals surface area (Å²) in [6.45, 7) is 2.71. The fraction of sp³-hybridized carbons (Fsp3) is 0.471. The Morgan fingerprint density at radius 3 is 2.58 bits per heavy atom. The van der Waals surface area contributed by atoms with Crippen LogP contribution in [0.2, 0.25) is 0 Å².